The number of likely N-dealkylation sites (N-methyl/N-ethyl adjacent to an activating group) is 1. The van der Waals surface area contributed by atoms with Gasteiger partial charge in [0.1, 0.15) is 17.7 Å². The molecule has 0 spiro atoms. The van der Waals surface area contributed by atoms with E-state index in [0.717, 1.165) is 55.0 Å². The molecular formula is C22H34N5+. The van der Waals surface area contributed by atoms with Crippen molar-refractivity contribution in [2.45, 2.75) is 39.0 Å². The molecule has 1 unspecified atom stereocenters. The predicted octanol–water partition coefficient (Wildman–Crippen LogP) is 2.95. The number of fused-ring (bicyclic) bond motifs is 1. The van der Waals surface area contributed by atoms with Gasteiger partial charge in [0.05, 0.1) is 24.9 Å². The van der Waals surface area contributed by atoms with E-state index in [1.54, 1.807) is 0 Å². The Morgan fingerprint density at radius 2 is 1.93 bits per heavy atom. The van der Waals surface area contributed by atoms with E-state index in [0.29, 0.717) is 0 Å². The molecule has 0 bridgehead atoms. The lowest BCUT2D eigenvalue weighted by atomic mass is 10.0. The SMILES string of the molecule is CCC1=C(N)N=C(C2=C[N+]3(C)CCCCC3=C2)C=C(N2CCN(C)CC2)C1. The summed E-state index contributed by atoms with van der Waals surface area (Å²) < 4.78 is 0.955. The maximum Gasteiger partial charge on any atom is 0.123 e. The van der Waals surface area contributed by atoms with Gasteiger partial charge in [0.25, 0.3) is 0 Å². The summed E-state index contributed by atoms with van der Waals surface area (Å²) in [4.78, 5) is 9.84. The van der Waals surface area contributed by atoms with Gasteiger partial charge in [-0.1, -0.05) is 6.92 Å². The molecule has 5 heteroatoms. The molecule has 27 heavy (non-hydrogen) atoms. The molecule has 2 fully saturated rings. The number of allylic oxidation sites excluding steroid dienone is 5. The topological polar surface area (TPSA) is 44.9 Å². The lowest BCUT2D eigenvalue weighted by Crippen LogP contribution is -2.44. The fourth-order valence-corrected chi connectivity index (χ4v) is 4.69. The smallest absolute Gasteiger partial charge is 0.123 e. The summed E-state index contributed by atoms with van der Waals surface area (Å²) in [5.74, 6) is 0.722. The number of rotatable bonds is 3. The Kier molecular flexibility index (Phi) is 4.99. The van der Waals surface area contributed by atoms with Gasteiger partial charge < -0.3 is 15.5 Å². The first-order chi connectivity index (χ1) is 13.0. The molecule has 4 heterocycles. The number of hydrogen-bond donors (Lipinski definition) is 1. The highest BCUT2D eigenvalue weighted by atomic mass is 15.3. The molecule has 4 aliphatic heterocycles. The van der Waals surface area contributed by atoms with Crippen molar-refractivity contribution in [3.05, 3.63) is 46.7 Å². The van der Waals surface area contributed by atoms with Crippen LogP contribution in [0.15, 0.2) is 51.7 Å². The van der Waals surface area contributed by atoms with Gasteiger partial charge in [0.2, 0.25) is 0 Å². The Labute approximate surface area is 163 Å². The third kappa shape index (κ3) is 3.63. The van der Waals surface area contributed by atoms with Gasteiger partial charge in [-0.3, -0.25) is 4.48 Å². The molecule has 0 aromatic heterocycles. The van der Waals surface area contributed by atoms with Crippen molar-refractivity contribution in [3.8, 4) is 0 Å². The average Bonchev–Trinajstić information content (AvgIpc) is 2.92. The number of quaternary nitrogens is 1. The molecule has 0 amide bonds. The molecule has 0 saturated carbocycles. The number of piperidine rings is 1. The second-order valence-electron chi connectivity index (χ2n) is 8.61. The standard InChI is InChI=1S/C22H34N5/c1-4-17-13-19(26-10-8-25(2)9-11-26)15-21(24-22(17)23)18-14-20-7-5-6-12-27(20,3)16-18/h14-16H,4-13,23H2,1-3H3/q+1. The molecule has 2 N–H and O–H groups in total. The Hall–Kier alpha value is -1.85. The third-order valence-corrected chi connectivity index (χ3v) is 6.64. The van der Waals surface area contributed by atoms with Gasteiger partial charge in [0.15, 0.2) is 0 Å². The normalized spacial score (nSPS) is 29.7. The maximum absolute atomic E-state index is 6.42. The zero-order valence-electron chi connectivity index (χ0n) is 17.2. The summed E-state index contributed by atoms with van der Waals surface area (Å²) in [7, 11) is 4.54. The van der Waals surface area contributed by atoms with Crippen LogP contribution in [0.3, 0.4) is 0 Å². The van der Waals surface area contributed by atoms with Crippen LogP contribution in [0.4, 0.5) is 0 Å². The van der Waals surface area contributed by atoms with Crippen molar-refractivity contribution in [1.82, 2.24) is 9.80 Å². The first-order valence-corrected chi connectivity index (χ1v) is 10.5. The molecule has 0 aromatic rings. The number of nitrogens with zero attached hydrogens (tertiary/aromatic N) is 4. The first kappa shape index (κ1) is 18.5. The van der Waals surface area contributed by atoms with Crippen LogP contribution in [-0.4, -0.2) is 66.8 Å². The highest BCUT2D eigenvalue weighted by Gasteiger charge is 2.35. The quantitative estimate of drug-likeness (QED) is 0.779. The molecule has 5 nitrogen and oxygen atoms in total. The van der Waals surface area contributed by atoms with Crippen LogP contribution >= 0.6 is 0 Å². The second-order valence-corrected chi connectivity index (χ2v) is 8.61. The molecule has 0 radical (unpaired) electrons. The number of hydrogen-bond acceptors (Lipinski definition) is 4. The Morgan fingerprint density at radius 3 is 2.63 bits per heavy atom. The minimum absolute atomic E-state index is 0.722. The third-order valence-electron chi connectivity index (χ3n) is 6.64. The Morgan fingerprint density at radius 1 is 1.15 bits per heavy atom. The van der Waals surface area contributed by atoms with Crippen molar-refractivity contribution in [3.63, 3.8) is 0 Å². The van der Waals surface area contributed by atoms with Gasteiger partial charge in [-0.15, -0.1) is 0 Å². The highest BCUT2D eigenvalue weighted by Crippen LogP contribution is 2.36. The lowest BCUT2D eigenvalue weighted by molar-refractivity contribution is -0.824. The molecule has 0 aliphatic carbocycles. The van der Waals surface area contributed by atoms with E-state index in [1.807, 2.05) is 0 Å². The molecule has 146 valence electrons. The number of nitrogens with two attached hydrogens (primary N) is 1. The first-order valence-electron chi connectivity index (χ1n) is 10.5. The average molecular weight is 369 g/mol. The fourth-order valence-electron chi connectivity index (χ4n) is 4.69. The molecule has 1 atom stereocenters. The van der Waals surface area contributed by atoms with Crippen LogP contribution in [0.25, 0.3) is 0 Å². The van der Waals surface area contributed by atoms with Gasteiger partial charge in [-0.25, -0.2) is 4.99 Å². The predicted molar refractivity (Wildman–Crippen MR) is 112 cm³/mol. The minimum Gasteiger partial charge on any atom is -0.384 e. The summed E-state index contributed by atoms with van der Waals surface area (Å²) >= 11 is 0. The van der Waals surface area contributed by atoms with Crippen LogP contribution < -0.4 is 5.73 Å². The largest absolute Gasteiger partial charge is 0.384 e. The van der Waals surface area contributed by atoms with Crippen LogP contribution in [0.2, 0.25) is 0 Å². The molecule has 0 aromatic carbocycles. The number of piperazine rings is 1. The summed E-state index contributed by atoms with van der Waals surface area (Å²) in [6.45, 7) is 7.79. The molecule has 2 saturated heterocycles. The van der Waals surface area contributed by atoms with Gasteiger partial charge in [0, 0.05) is 50.8 Å². The van der Waals surface area contributed by atoms with Gasteiger partial charge >= 0.3 is 0 Å². The van der Waals surface area contributed by atoms with Crippen molar-refractivity contribution in [2.75, 3.05) is 46.8 Å². The summed E-state index contributed by atoms with van der Waals surface area (Å²) in [5, 5.41) is 0. The summed E-state index contributed by atoms with van der Waals surface area (Å²) in [5.41, 5.74) is 12.9. The lowest BCUT2D eigenvalue weighted by Gasteiger charge is -2.35. The zero-order chi connectivity index (χ0) is 19.0. The Balaban J connectivity index is 1.69. The van der Waals surface area contributed by atoms with E-state index in [9.17, 15) is 0 Å². The monoisotopic (exact) mass is 368 g/mol. The molecule has 4 aliphatic rings. The Bertz CT molecular complexity index is 762. The van der Waals surface area contributed by atoms with E-state index in [4.69, 9.17) is 10.7 Å². The van der Waals surface area contributed by atoms with E-state index < -0.39 is 0 Å². The molecular weight excluding hydrogens is 334 g/mol. The van der Waals surface area contributed by atoms with E-state index in [1.165, 1.54) is 48.3 Å². The highest BCUT2D eigenvalue weighted by molar-refractivity contribution is 6.11. The van der Waals surface area contributed by atoms with E-state index in [2.05, 4.69) is 49.2 Å². The van der Waals surface area contributed by atoms with E-state index >= 15 is 0 Å². The minimum atomic E-state index is 0.722. The second kappa shape index (κ2) is 7.28. The van der Waals surface area contributed by atoms with Crippen molar-refractivity contribution in [1.29, 1.82) is 0 Å². The van der Waals surface area contributed by atoms with Crippen molar-refractivity contribution in [2.24, 2.45) is 10.7 Å². The number of aliphatic imine (C=N–C) groups is 1. The molecule has 4 rings (SSSR count). The maximum atomic E-state index is 6.42. The van der Waals surface area contributed by atoms with Crippen molar-refractivity contribution < 1.29 is 4.48 Å². The summed E-state index contributed by atoms with van der Waals surface area (Å²) in [6.07, 6.45) is 12.8. The van der Waals surface area contributed by atoms with Crippen molar-refractivity contribution >= 4 is 5.71 Å². The fraction of sp³-hybridized carbons (Fsp3) is 0.591. The van der Waals surface area contributed by atoms with Gasteiger partial charge in [-0.2, -0.15) is 0 Å². The van der Waals surface area contributed by atoms with Crippen LogP contribution in [0.5, 0.6) is 0 Å². The summed E-state index contributed by atoms with van der Waals surface area (Å²) in [6, 6.07) is 0. The van der Waals surface area contributed by atoms with Crippen LogP contribution in [0.1, 0.15) is 39.0 Å². The van der Waals surface area contributed by atoms with E-state index in [-0.39, 0.29) is 0 Å². The zero-order valence-corrected chi connectivity index (χ0v) is 17.2. The van der Waals surface area contributed by atoms with Gasteiger partial charge in [-0.05, 0) is 38.0 Å². The van der Waals surface area contributed by atoms with Crippen LogP contribution in [-0.2, 0) is 0 Å². The van der Waals surface area contributed by atoms with Crippen LogP contribution in [0, 0.1) is 0 Å².